The molecule has 1 aromatic carbocycles. The number of rotatable bonds is 3. The predicted molar refractivity (Wildman–Crippen MR) is 57.4 cm³/mol. The number of hydrogen-bond donors (Lipinski definition) is 1. The highest BCUT2D eigenvalue weighted by Gasteiger charge is 2.15. The second-order valence-corrected chi connectivity index (χ2v) is 3.53. The largest absolute Gasteiger partial charge is 0.469 e. The Labute approximate surface area is 100 Å². The second kappa shape index (κ2) is 4.95. The molecule has 3 nitrogen and oxygen atoms in total. The minimum Gasteiger partial charge on any atom is -0.469 e. The van der Waals surface area contributed by atoms with E-state index >= 15 is 0 Å². The van der Waals surface area contributed by atoms with E-state index in [1.54, 1.807) is 12.1 Å². The molecule has 1 N–H and O–H groups in total. The third-order valence-electron chi connectivity index (χ3n) is 2.22. The fourth-order valence-corrected chi connectivity index (χ4v) is 1.39. The summed E-state index contributed by atoms with van der Waals surface area (Å²) in [5.41, 5.74) is -0.412. The van der Waals surface area contributed by atoms with Crippen molar-refractivity contribution in [1.29, 1.82) is 0 Å². The van der Waals surface area contributed by atoms with Gasteiger partial charge in [0.1, 0.15) is 5.76 Å². The van der Waals surface area contributed by atoms with Gasteiger partial charge >= 0.3 is 0 Å². The van der Waals surface area contributed by atoms with E-state index in [0.717, 1.165) is 12.1 Å². The molecule has 0 atom stereocenters. The highest BCUT2D eigenvalue weighted by Crippen LogP contribution is 2.19. The number of amides is 1. The molecule has 0 fully saturated rings. The Kier molecular flexibility index (Phi) is 3.36. The molecule has 0 unspecified atom stereocenters. The van der Waals surface area contributed by atoms with Crippen LogP contribution in [0.4, 0.5) is 18.9 Å². The van der Waals surface area contributed by atoms with Gasteiger partial charge in [0.15, 0.2) is 17.5 Å². The van der Waals surface area contributed by atoms with Gasteiger partial charge in [-0.25, -0.2) is 13.2 Å². The number of benzene rings is 1. The summed E-state index contributed by atoms with van der Waals surface area (Å²) in [6, 6.07) is 4.86. The van der Waals surface area contributed by atoms with Crippen LogP contribution < -0.4 is 5.32 Å². The van der Waals surface area contributed by atoms with Gasteiger partial charge < -0.3 is 9.73 Å². The Morgan fingerprint density at radius 2 is 1.94 bits per heavy atom. The molecule has 1 aromatic heterocycles. The van der Waals surface area contributed by atoms with Gasteiger partial charge in [0, 0.05) is 0 Å². The van der Waals surface area contributed by atoms with E-state index in [4.69, 9.17) is 4.42 Å². The van der Waals surface area contributed by atoms with Crippen molar-refractivity contribution in [1.82, 2.24) is 0 Å². The van der Waals surface area contributed by atoms with Gasteiger partial charge in [-0.15, -0.1) is 0 Å². The zero-order valence-electron chi connectivity index (χ0n) is 9.04. The highest BCUT2D eigenvalue weighted by atomic mass is 19.2. The van der Waals surface area contributed by atoms with Crippen molar-refractivity contribution in [2.24, 2.45) is 0 Å². The zero-order chi connectivity index (χ0) is 13.1. The lowest BCUT2D eigenvalue weighted by atomic mass is 10.2. The number of nitrogens with one attached hydrogen (secondary N) is 1. The zero-order valence-corrected chi connectivity index (χ0v) is 9.04. The van der Waals surface area contributed by atoms with E-state index < -0.39 is 29.0 Å². The summed E-state index contributed by atoms with van der Waals surface area (Å²) in [6.45, 7) is 0. The molecule has 18 heavy (non-hydrogen) atoms. The topological polar surface area (TPSA) is 42.2 Å². The maximum atomic E-state index is 13.2. The number of furan rings is 1. The van der Waals surface area contributed by atoms with E-state index in [1.807, 2.05) is 0 Å². The summed E-state index contributed by atoms with van der Waals surface area (Å²) >= 11 is 0. The molecule has 2 aromatic rings. The SMILES string of the molecule is O=C(Cc1ccco1)Nc1ccc(F)c(F)c1F. The first kappa shape index (κ1) is 12.2. The molecule has 0 aliphatic carbocycles. The van der Waals surface area contributed by atoms with Gasteiger partial charge in [-0.2, -0.15) is 0 Å². The van der Waals surface area contributed by atoms with Crippen molar-refractivity contribution in [2.75, 3.05) is 5.32 Å². The monoisotopic (exact) mass is 255 g/mol. The number of carbonyl (C=O) groups excluding carboxylic acids is 1. The summed E-state index contributed by atoms with van der Waals surface area (Å²) in [5.74, 6) is -4.56. The van der Waals surface area contributed by atoms with Crippen LogP contribution in [0.1, 0.15) is 5.76 Å². The first-order valence-electron chi connectivity index (χ1n) is 5.03. The highest BCUT2D eigenvalue weighted by molar-refractivity contribution is 5.92. The molecule has 0 aliphatic rings. The Morgan fingerprint density at radius 3 is 2.61 bits per heavy atom. The quantitative estimate of drug-likeness (QED) is 0.857. The molecule has 0 spiro atoms. The molecule has 0 saturated carbocycles. The Morgan fingerprint density at radius 1 is 1.17 bits per heavy atom. The van der Waals surface area contributed by atoms with E-state index in [-0.39, 0.29) is 6.42 Å². The van der Waals surface area contributed by atoms with Crippen LogP contribution in [0.15, 0.2) is 34.9 Å². The summed E-state index contributed by atoms with van der Waals surface area (Å²) in [4.78, 5) is 11.5. The minimum atomic E-state index is -1.62. The Bertz CT molecular complexity index is 567. The molecule has 0 saturated heterocycles. The van der Waals surface area contributed by atoms with Crippen molar-refractivity contribution >= 4 is 11.6 Å². The molecule has 0 bridgehead atoms. The molecular formula is C12H8F3NO2. The van der Waals surface area contributed by atoms with E-state index in [1.165, 1.54) is 6.26 Å². The van der Waals surface area contributed by atoms with Crippen LogP contribution in [-0.4, -0.2) is 5.91 Å². The molecule has 1 amide bonds. The summed E-state index contributed by atoms with van der Waals surface area (Å²) in [5, 5.41) is 2.14. The van der Waals surface area contributed by atoms with Crippen LogP contribution in [0, 0.1) is 17.5 Å². The first-order chi connectivity index (χ1) is 8.58. The molecule has 1 heterocycles. The van der Waals surface area contributed by atoms with Gasteiger partial charge in [-0.05, 0) is 24.3 Å². The average Bonchev–Trinajstić information content (AvgIpc) is 2.83. The third kappa shape index (κ3) is 2.53. The van der Waals surface area contributed by atoms with Gasteiger partial charge in [0.2, 0.25) is 5.91 Å². The van der Waals surface area contributed by atoms with Crippen molar-refractivity contribution < 1.29 is 22.4 Å². The molecular weight excluding hydrogens is 247 g/mol. The van der Waals surface area contributed by atoms with Gasteiger partial charge in [-0.3, -0.25) is 4.79 Å². The maximum absolute atomic E-state index is 13.2. The van der Waals surface area contributed by atoms with E-state index in [0.29, 0.717) is 5.76 Å². The lowest BCUT2D eigenvalue weighted by molar-refractivity contribution is -0.115. The third-order valence-corrected chi connectivity index (χ3v) is 2.22. The Balaban J connectivity index is 2.10. The lowest BCUT2D eigenvalue weighted by Crippen LogP contribution is -2.15. The van der Waals surface area contributed by atoms with E-state index in [2.05, 4.69) is 5.32 Å². The summed E-state index contributed by atoms with van der Waals surface area (Å²) in [7, 11) is 0. The first-order valence-corrected chi connectivity index (χ1v) is 5.03. The Hall–Kier alpha value is -2.24. The van der Waals surface area contributed by atoms with Crippen LogP contribution in [0.2, 0.25) is 0 Å². The molecule has 94 valence electrons. The molecule has 6 heteroatoms. The number of halogens is 3. The fourth-order valence-electron chi connectivity index (χ4n) is 1.39. The average molecular weight is 255 g/mol. The molecule has 2 rings (SSSR count). The summed E-state index contributed by atoms with van der Waals surface area (Å²) in [6.07, 6.45) is 1.27. The van der Waals surface area contributed by atoms with Crippen molar-refractivity contribution in [3.63, 3.8) is 0 Å². The molecule has 0 aliphatic heterocycles. The van der Waals surface area contributed by atoms with Crippen molar-refractivity contribution in [3.8, 4) is 0 Å². The van der Waals surface area contributed by atoms with Crippen LogP contribution in [-0.2, 0) is 11.2 Å². The van der Waals surface area contributed by atoms with Crippen molar-refractivity contribution in [3.05, 3.63) is 53.7 Å². The number of hydrogen-bond acceptors (Lipinski definition) is 2. The number of anilines is 1. The second-order valence-electron chi connectivity index (χ2n) is 3.53. The van der Waals surface area contributed by atoms with Crippen molar-refractivity contribution in [2.45, 2.75) is 6.42 Å². The fraction of sp³-hybridized carbons (Fsp3) is 0.0833. The van der Waals surface area contributed by atoms with Crippen LogP contribution in [0.25, 0.3) is 0 Å². The van der Waals surface area contributed by atoms with Gasteiger partial charge in [0.25, 0.3) is 0 Å². The lowest BCUT2D eigenvalue weighted by Gasteiger charge is -2.06. The smallest absolute Gasteiger partial charge is 0.232 e. The van der Waals surface area contributed by atoms with Crippen LogP contribution in [0.5, 0.6) is 0 Å². The van der Waals surface area contributed by atoms with Gasteiger partial charge in [0.05, 0.1) is 18.4 Å². The normalized spacial score (nSPS) is 10.4. The number of carbonyl (C=O) groups is 1. The minimum absolute atomic E-state index is 0.120. The van der Waals surface area contributed by atoms with Crippen LogP contribution >= 0.6 is 0 Å². The molecule has 0 radical (unpaired) electrons. The summed E-state index contributed by atoms with van der Waals surface area (Å²) < 4.78 is 43.7. The maximum Gasteiger partial charge on any atom is 0.232 e. The standard InChI is InChI=1S/C12H8F3NO2/c13-8-3-4-9(12(15)11(8)14)16-10(17)6-7-2-1-5-18-7/h1-5H,6H2,(H,16,17). The predicted octanol–water partition coefficient (Wildman–Crippen LogP) is 2.88. The van der Waals surface area contributed by atoms with Crippen LogP contribution in [0.3, 0.4) is 0 Å². The van der Waals surface area contributed by atoms with E-state index in [9.17, 15) is 18.0 Å². The van der Waals surface area contributed by atoms with Gasteiger partial charge in [-0.1, -0.05) is 0 Å².